The molecule has 0 atom stereocenters. The lowest BCUT2D eigenvalue weighted by Crippen LogP contribution is -2.44. The Morgan fingerprint density at radius 1 is 1.08 bits per heavy atom. The van der Waals surface area contributed by atoms with Crippen LogP contribution in [0.15, 0.2) is 33.9 Å². The number of carbonyl (C=O) groups is 1. The Bertz CT molecular complexity index is 900. The van der Waals surface area contributed by atoms with Gasteiger partial charge in [0.2, 0.25) is 5.78 Å². The van der Waals surface area contributed by atoms with Gasteiger partial charge in [0, 0.05) is 18.1 Å². The molecule has 0 aliphatic heterocycles. The van der Waals surface area contributed by atoms with Crippen molar-refractivity contribution in [2.24, 2.45) is 0 Å². The van der Waals surface area contributed by atoms with Crippen LogP contribution in [0.4, 0.5) is 5.82 Å². The molecule has 0 bridgehead atoms. The number of hydrogen-bond donors (Lipinski definition) is 1. The van der Waals surface area contributed by atoms with Crippen molar-refractivity contribution in [3.63, 3.8) is 0 Å². The number of aromatic nitrogens is 2. The van der Waals surface area contributed by atoms with Gasteiger partial charge in [-0.2, -0.15) is 0 Å². The molecule has 0 aliphatic carbocycles. The van der Waals surface area contributed by atoms with Crippen LogP contribution >= 0.6 is 11.6 Å². The Balaban J connectivity index is 2.39. The molecular formula is C18H22ClN3O4. The number of Topliss-reactive ketones (excluding diaryl/α,β-unsaturated/α-hetero) is 1. The molecule has 1 heterocycles. The molecule has 2 aromatic rings. The zero-order chi connectivity index (χ0) is 19.3. The lowest BCUT2D eigenvalue weighted by molar-refractivity contribution is 0.0919. The molecule has 1 aromatic heterocycles. The predicted molar refractivity (Wildman–Crippen MR) is 101 cm³/mol. The third kappa shape index (κ3) is 4.16. The molecule has 1 aromatic carbocycles. The molecule has 0 saturated carbocycles. The molecule has 8 heteroatoms. The second kappa shape index (κ2) is 8.71. The number of hydrogen-bond acceptors (Lipinski definition) is 5. The highest BCUT2D eigenvalue weighted by molar-refractivity contribution is 6.30. The van der Waals surface area contributed by atoms with Crippen LogP contribution < -0.4 is 21.7 Å². The van der Waals surface area contributed by atoms with E-state index in [1.165, 1.54) is 4.57 Å². The first-order chi connectivity index (χ1) is 12.4. The van der Waals surface area contributed by atoms with Gasteiger partial charge in [0.05, 0.1) is 0 Å². The van der Waals surface area contributed by atoms with Crippen molar-refractivity contribution in [3.05, 3.63) is 55.7 Å². The lowest BCUT2D eigenvalue weighted by atomic mass is 10.2. The van der Waals surface area contributed by atoms with E-state index in [1.807, 2.05) is 13.8 Å². The number of ketones is 1. The summed E-state index contributed by atoms with van der Waals surface area (Å²) in [6.45, 7) is 3.91. The summed E-state index contributed by atoms with van der Waals surface area (Å²) in [5.74, 6) is -0.242. The van der Waals surface area contributed by atoms with Crippen LogP contribution in [0.3, 0.4) is 0 Å². The van der Waals surface area contributed by atoms with Crippen LogP contribution in [0.1, 0.15) is 37.0 Å². The summed E-state index contributed by atoms with van der Waals surface area (Å²) in [6, 6.07) is 6.50. The molecule has 140 valence electrons. The summed E-state index contributed by atoms with van der Waals surface area (Å²) in [7, 11) is 0. The minimum absolute atomic E-state index is 0.112. The number of carbonyl (C=O) groups excluding carboxylic acids is 1. The van der Waals surface area contributed by atoms with Gasteiger partial charge in [-0.05, 0) is 37.1 Å². The Morgan fingerprint density at radius 3 is 2.23 bits per heavy atom. The second-order valence-corrected chi connectivity index (χ2v) is 6.25. The van der Waals surface area contributed by atoms with Gasteiger partial charge in [-0.15, -0.1) is 0 Å². The van der Waals surface area contributed by atoms with Crippen molar-refractivity contribution in [2.75, 3.05) is 12.3 Å². The molecule has 0 unspecified atom stereocenters. The maximum atomic E-state index is 12.6. The SMILES string of the molecule is CCCn1c(N)c(C(=O)COc2ccc(Cl)cc2)c(=O)n(CCC)c1=O. The van der Waals surface area contributed by atoms with Crippen LogP contribution in [0.2, 0.25) is 5.02 Å². The Kier molecular flexibility index (Phi) is 6.63. The summed E-state index contributed by atoms with van der Waals surface area (Å²) < 4.78 is 7.75. The van der Waals surface area contributed by atoms with Gasteiger partial charge < -0.3 is 10.5 Å². The zero-order valence-electron chi connectivity index (χ0n) is 14.8. The summed E-state index contributed by atoms with van der Waals surface area (Å²) >= 11 is 5.81. The summed E-state index contributed by atoms with van der Waals surface area (Å²) in [5, 5.41) is 0.544. The van der Waals surface area contributed by atoms with Crippen LogP contribution in [0, 0.1) is 0 Å². The number of benzene rings is 1. The van der Waals surface area contributed by atoms with Crippen LogP contribution in [-0.2, 0) is 13.1 Å². The van der Waals surface area contributed by atoms with Gasteiger partial charge in [0.25, 0.3) is 5.56 Å². The van der Waals surface area contributed by atoms with E-state index in [0.717, 1.165) is 4.57 Å². The first kappa shape index (κ1) is 19.8. The van der Waals surface area contributed by atoms with Crippen LogP contribution in [0.5, 0.6) is 5.75 Å². The van der Waals surface area contributed by atoms with Gasteiger partial charge in [0.15, 0.2) is 6.61 Å². The van der Waals surface area contributed by atoms with E-state index in [0.29, 0.717) is 30.2 Å². The average molecular weight is 380 g/mol. The fourth-order valence-corrected chi connectivity index (χ4v) is 2.72. The van der Waals surface area contributed by atoms with Gasteiger partial charge in [-0.25, -0.2) is 4.79 Å². The van der Waals surface area contributed by atoms with Crippen molar-refractivity contribution < 1.29 is 9.53 Å². The average Bonchev–Trinajstić information content (AvgIpc) is 2.62. The predicted octanol–water partition coefficient (Wildman–Crippen LogP) is 2.33. The molecule has 26 heavy (non-hydrogen) atoms. The third-order valence-corrected chi connectivity index (χ3v) is 4.08. The summed E-state index contributed by atoms with van der Waals surface area (Å²) in [4.78, 5) is 37.7. The second-order valence-electron chi connectivity index (χ2n) is 5.82. The molecule has 0 fully saturated rings. The molecule has 0 saturated heterocycles. The van der Waals surface area contributed by atoms with E-state index in [1.54, 1.807) is 24.3 Å². The minimum Gasteiger partial charge on any atom is -0.485 e. The first-order valence-corrected chi connectivity index (χ1v) is 8.83. The number of ether oxygens (including phenoxy) is 1. The molecule has 0 aliphatic rings. The van der Waals surface area contributed by atoms with Gasteiger partial charge in [0.1, 0.15) is 17.1 Å². The number of nitrogens with zero attached hydrogens (tertiary/aromatic N) is 2. The van der Waals surface area contributed by atoms with E-state index in [9.17, 15) is 14.4 Å². The Morgan fingerprint density at radius 2 is 1.65 bits per heavy atom. The minimum atomic E-state index is -0.675. The standard InChI is InChI=1S/C18H22ClN3O4/c1-3-9-21-16(20)15(17(24)22(10-4-2)18(21)25)14(23)11-26-13-7-5-12(19)6-8-13/h5-8H,3-4,9-11,20H2,1-2H3. The van der Waals surface area contributed by atoms with E-state index >= 15 is 0 Å². The Hall–Kier alpha value is -2.54. The molecule has 7 nitrogen and oxygen atoms in total. The van der Waals surface area contributed by atoms with Crippen molar-refractivity contribution in [1.29, 1.82) is 0 Å². The fourth-order valence-electron chi connectivity index (χ4n) is 2.59. The summed E-state index contributed by atoms with van der Waals surface area (Å²) in [6.07, 6.45) is 1.23. The molecule has 0 amide bonds. The van der Waals surface area contributed by atoms with Crippen LogP contribution in [0.25, 0.3) is 0 Å². The monoisotopic (exact) mass is 379 g/mol. The fraction of sp³-hybridized carbons (Fsp3) is 0.389. The van der Waals surface area contributed by atoms with Crippen molar-refractivity contribution in [3.8, 4) is 5.75 Å². The number of rotatable bonds is 8. The largest absolute Gasteiger partial charge is 0.485 e. The van der Waals surface area contributed by atoms with Crippen molar-refractivity contribution in [1.82, 2.24) is 9.13 Å². The number of anilines is 1. The smallest absolute Gasteiger partial charge is 0.332 e. The maximum Gasteiger partial charge on any atom is 0.332 e. The number of halogens is 1. The van der Waals surface area contributed by atoms with Gasteiger partial charge in [-0.3, -0.25) is 18.7 Å². The topological polar surface area (TPSA) is 96.3 Å². The number of nitrogen functional groups attached to an aromatic ring is 1. The van der Waals surface area contributed by atoms with E-state index < -0.39 is 17.0 Å². The third-order valence-electron chi connectivity index (χ3n) is 3.82. The molecule has 0 spiro atoms. The summed E-state index contributed by atoms with van der Waals surface area (Å²) in [5.41, 5.74) is 4.61. The molecule has 2 rings (SSSR count). The van der Waals surface area contributed by atoms with Gasteiger partial charge >= 0.3 is 5.69 Å². The van der Waals surface area contributed by atoms with Crippen LogP contribution in [-0.4, -0.2) is 21.5 Å². The maximum absolute atomic E-state index is 12.6. The highest BCUT2D eigenvalue weighted by Gasteiger charge is 2.22. The highest BCUT2D eigenvalue weighted by atomic mass is 35.5. The first-order valence-electron chi connectivity index (χ1n) is 8.45. The Labute approximate surface area is 156 Å². The van der Waals surface area contributed by atoms with Gasteiger partial charge in [-0.1, -0.05) is 25.4 Å². The van der Waals surface area contributed by atoms with E-state index in [2.05, 4.69) is 0 Å². The normalized spacial score (nSPS) is 10.7. The molecular weight excluding hydrogens is 358 g/mol. The van der Waals surface area contributed by atoms with E-state index in [4.69, 9.17) is 22.1 Å². The molecule has 2 N–H and O–H groups in total. The highest BCUT2D eigenvalue weighted by Crippen LogP contribution is 2.16. The van der Waals surface area contributed by atoms with Crippen molar-refractivity contribution >= 4 is 23.2 Å². The zero-order valence-corrected chi connectivity index (χ0v) is 15.6. The van der Waals surface area contributed by atoms with Crippen molar-refractivity contribution in [2.45, 2.75) is 39.8 Å². The quantitative estimate of drug-likeness (QED) is 0.710. The molecule has 0 radical (unpaired) electrons. The lowest BCUT2D eigenvalue weighted by Gasteiger charge is -2.15. The number of nitrogens with two attached hydrogens (primary N) is 1. The van der Waals surface area contributed by atoms with E-state index in [-0.39, 0.29) is 24.5 Å².